The fraction of sp³-hybridized carbons (Fsp3) is 0.182. The maximum Gasteiger partial charge on any atom is 0.126 e. The Morgan fingerprint density at radius 2 is 2.07 bits per heavy atom. The van der Waals surface area contributed by atoms with Crippen molar-refractivity contribution in [1.82, 2.24) is 4.98 Å². The Bertz CT molecular complexity index is 508. The second-order valence-corrected chi connectivity index (χ2v) is 4.15. The molecule has 0 atom stereocenters. The quantitative estimate of drug-likeness (QED) is 0.780. The standard InChI is InChI=1S/C11H10BrNO/c1-6-5-8-10(7(2)11(6)12)9(14)3-4-13-8/h3-5H,1-2H3,(H,13,14). The molecule has 0 amide bonds. The monoisotopic (exact) mass is 251 g/mol. The molecule has 1 N–H and O–H groups in total. The Morgan fingerprint density at radius 1 is 1.36 bits per heavy atom. The molecule has 2 rings (SSSR count). The van der Waals surface area contributed by atoms with Crippen molar-refractivity contribution in [3.63, 3.8) is 0 Å². The van der Waals surface area contributed by atoms with Crippen LogP contribution in [0.5, 0.6) is 5.75 Å². The van der Waals surface area contributed by atoms with E-state index >= 15 is 0 Å². The first kappa shape index (κ1) is 9.46. The first-order valence-electron chi connectivity index (χ1n) is 4.34. The number of halogens is 1. The van der Waals surface area contributed by atoms with Crippen molar-refractivity contribution in [2.24, 2.45) is 0 Å². The highest BCUT2D eigenvalue weighted by Crippen LogP contribution is 2.32. The number of rotatable bonds is 0. The maximum absolute atomic E-state index is 9.71. The third-order valence-corrected chi connectivity index (χ3v) is 3.58. The molecule has 0 saturated heterocycles. The molecule has 3 heteroatoms. The minimum atomic E-state index is 0.285. The summed E-state index contributed by atoms with van der Waals surface area (Å²) in [5.74, 6) is 0.285. The van der Waals surface area contributed by atoms with Crippen molar-refractivity contribution in [2.75, 3.05) is 0 Å². The third kappa shape index (κ3) is 1.28. The van der Waals surface area contributed by atoms with Gasteiger partial charge in [-0.25, -0.2) is 0 Å². The Hall–Kier alpha value is -1.09. The molecule has 72 valence electrons. The molecule has 2 aromatic rings. The molecule has 1 aromatic heterocycles. The lowest BCUT2D eigenvalue weighted by molar-refractivity contribution is 0.481. The van der Waals surface area contributed by atoms with Gasteiger partial charge in [-0.2, -0.15) is 0 Å². The first-order valence-corrected chi connectivity index (χ1v) is 5.14. The van der Waals surface area contributed by atoms with Gasteiger partial charge in [-0.15, -0.1) is 0 Å². The molecule has 2 nitrogen and oxygen atoms in total. The second-order valence-electron chi connectivity index (χ2n) is 3.36. The molecular weight excluding hydrogens is 242 g/mol. The molecule has 14 heavy (non-hydrogen) atoms. The molecular formula is C11H10BrNO. The topological polar surface area (TPSA) is 33.1 Å². The number of aromatic nitrogens is 1. The number of benzene rings is 1. The predicted octanol–water partition coefficient (Wildman–Crippen LogP) is 3.32. The van der Waals surface area contributed by atoms with E-state index in [-0.39, 0.29) is 5.75 Å². The van der Waals surface area contributed by atoms with Crippen LogP contribution in [0.4, 0.5) is 0 Å². The lowest BCUT2D eigenvalue weighted by Gasteiger charge is -2.08. The van der Waals surface area contributed by atoms with E-state index in [1.54, 1.807) is 12.3 Å². The molecule has 0 aliphatic rings. The minimum Gasteiger partial charge on any atom is -0.507 e. The number of aromatic hydroxyl groups is 1. The summed E-state index contributed by atoms with van der Waals surface area (Å²) in [7, 11) is 0. The fourth-order valence-corrected chi connectivity index (χ4v) is 1.95. The zero-order valence-electron chi connectivity index (χ0n) is 8.00. The van der Waals surface area contributed by atoms with Crippen LogP contribution < -0.4 is 0 Å². The van der Waals surface area contributed by atoms with Gasteiger partial charge in [-0.3, -0.25) is 4.98 Å². The highest BCUT2D eigenvalue weighted by molar-refractivity contribution is 9.10. The molecule has 0 aliphatic carbocycles. The van der Waals surface area contributed by atoms with Crippen LogP contribution in [-0.2, 0) is 0 Å². The van der Waals surface area contributed by atoms with Crippen molar-refractivity contribution in [2.45, 2.75) is 13.8 Å². The molecule has 0 aliphatic heterocycles. The van der Waals surface area contributed by atoms with Crippen LogP contribution in [0, 0.1) is 13.8 Å². The second kappa shape index (κ2) is 3.24. The third-order valence-electron chi connectivity index (χ3n) is 2.36. The fourth-order valence-electron chi connectivity index (χ4n) is 1.63. The summed E-state index contributed by atoms with van der Waals surface area (Å²) < 4.78 is 1.04. The molecule has 1 aromatic carbocycles. The van der Waals surface area contributed by atoms with Crippen LogP contribution in [0.15, 0.2) is 22.8 Å². The number of pyridine rings is 1. The summed E-state index contributed by atoms with van der Waals surface area (Å²) in [6.45, 7) is 3.99. The highest BCUT2D eigenvalue weighted by Gasteiger charge is 2.08. The number of fused-ring (bicyclic) bond motifs is 1. The van der Waals surface area contributed by atoms with E-state index in [1.165, 1.54) is 0 Å². The van der Waals surface area contributed by atoms with Gasteiger partial charge in [-0.05, 0) is 37.1 Å². The van der Waals surface area contributed by atoms with E-state index in [9.17, 15) is 5.11 Å². The maximum atomic E-state index is 9.71. The van der Waals surface area contributed by atoms with Gasteiger partial charge >= 0.3 is 0 Å². The van der Waals surface area contributed by atoms with Crippen molar-refractivity contribution >= 4 is 26.8 Å². The molecule has 0 radical (unpaired) electrons. The van der Waals surface area contributed by atoms with Gasteiger partial charge in [0.05, 0.1) is 5.52 Å². The van der Waals surface area contributed by atoms with E-state index < -0.39 is 0 Å². The normalized spacial score (nSPS) is 10.8. The molecule has 0 spiro atoms. The molecule has 0 unspecified atom stereocenters. The lowest BCUT2D eigenvalue weighted by atomic mass is 10.1. The highest BCUT2D eigenvalue weighted by atomic mass is 79.9. The number of hydrogen-bond donors (Lipinski definition) is 1. The number of nitrogens with zero attached hydrogens (tertiary/aromatic N) is 1. The van der Waals surface area contributed by atoms with Crippen LogP contribution in [0.1, 0.15) is 11.1 Å². The van der Waals surface area contributed by atoms with Gasteiger partial charge in [-0.1, -0.05) is 15.9 Å². The van der Waals surface area contributed by atoms with Crippen molar-refractivity contribution < 1.29 is 5.11 Å². The smallest absolute Gasteiger partial charge is 0.126 e. The number of aryl methyl sites for hydroxylation is 2. The van der Waals surface area contributed by atoms with Gasteiger partial charge < -0.3 is 5.11 Å². The van der Waals surface area contributed by atoms with Gasteiger partial charge in [0, 0.05) is 16.1 Å². The van der Waals surface area contributed by atoms with Crippen LogP contribution >= 0.6 is 15.9 Å². The van der Waals surface area contributed by atoms with Gasteiger partial charge in [0.25, 0.3) is 0 Å². The van der Waals surface area contributed by atoms with Crippen molar-refractivity contribution in [1.29, 1.82) is 0 Å². The van der Waals surface area contributed by atoms with Crippen molar-refractivity contribution in [3.8, 4) is 5.75 Å². The van der Waals surface area contributed by atoms with Crippen LogP contribution in [0.25, 0.3) is 10.9 Å². The summed E-state index contributed by atoms with van der Waals surface area (Å²) in [5, 5.41) is 10.5. The average molecular weight is 252 g/mol. The average Bonchev–Trinajstić information content (AvgIpc) is 2.14. The molecule has 0 saturated carbocycles. The summed E-state index contributed by atoms with van der Waals surface area (Å²) in [4.78, 5) is 4.22. The number of hydrogen-bond acceptors (Lipinski definition) is 2. The summed E-state index contributed by atoms with van der Waals surface area (Å²) in [6, 6.07) is 3.57. The summed E-state index contributed by atoms with van der Waals surface area (Å²) in [6.07, 6.45) is 1.62. The van der Waals surface area contributed by atoms with E-state index in [1.807, 2.05) is 19.9 Å². The van der Waals surface area contributed by atoms with E-state index in [2.05, 4.69) is 20.9 Å². The van der Waals surface area contributed by atoms with Gasteiger partial charge in [0.1, 0.15) is 5.75 Å². The van der Waals surface area contributed by atoms with E-state index in [0.29, 0.717) is 0 Å². The van der Waals surface area contributed by atoms with Crippen molar-refractivity contribution in [3.05, 3.63) is 33.9 Å². The van der Waals surface area contributed by atoms with Gasteiger partial charge in [0.15, 0.2) is 0 Å². The Morgan fingerprint density at radius 3 is 2.79 bits per heavy atom. The van der Waals surface area contributed by atoms with E-state index in [4.69, 9.17) is 0 Å². The largest absolute Gasteiger partial charge is 0.507 e. The zero-order valence-corrected chi connectivity index (χ0v) is 9.59. The lowest BCUT2D eigenvalue weighted by Crippen LogP contribution is -1.88. The van der Waals surface area contributed by atoms with Crippen LogP contribution in [0.3, 0.4) is 0 Å². The summed E-state index contributed by atoms with van der Waals surface area (Å²) >= 11 is 3.50. The SMILES string of the molecule is Cc1cc2nccc(O)c2c(C)c1Br. The Labute approximate surface area is 90.7 Å². The molecule has 1 heterocycles. The van der Waals surface area contributed by atoms with E-state index in [0.717, 1.165) is 26.5 Å². The van der Waals surface area contributed by atoms with Crippen LogP contribution in [0.2, 0.25) is 0 Å². The molecule has 0 fully saturated rings. The molecule has 0 bridgehead atoms. The van der Waals surface area contributed by atoms with Crippen LogP contribution in [-0.4, -0.2) is 10.1 Å². The Balaban J connectivity index is 2.99. The predicted molar refractivity (Wildman–Crippen MR) is 60.6 cm³/mol. The summed E-state index contributed by atoms with van der Waals surface area (Å²) in [5.41, 5.74) is 3.00. The minimum absolute atomic E-state index is 0.285. The first-order chi connectivity index (χ1) is 6.61. The zero-order chi connectivity index (χ0) is 10.3. The van der Waals surface area contributed by atoms with Gasteiger partial charge in [0.2, 0.25) is 0 Å². The Kier molecular flexibility index (Phi) is 2.19.